The van der Waals surface area contributed by atoms with Crippen molar-refractivity contribution in [1.29, 1.82) is 5.26 Å². The number of methoxy groups -OCH3 is 1. The van der Waals surface area contributed by atoms with Gasteiger partial charge in [-0.25, -0.2) is 4.39 Å². The number of ether oxygens (including phenoxy) is 2. The highest BCUT2D eigenvalue weighted by Gasteiger charge is 2.14. The zero-order chi connectivity index (χ0) is 22.4. The average molecular weight is 439 g/mol. The highest BCUT2D eigenvalue weighted by atomic mass is 35.5. The van der Waals surface area contributed by atoms with E-state index in [-0.39, 0.29) is 28.7 Å². The molecule has 8 heteroatoms. The van der Waals surface area contributed by atoms with E-state index in [1.165, 1.54) is 37.4 Å². The van der Waals surface area contributed by atoms with Crippen molar-refractivity contribution in [3.05, 3.63) is 98.3 Å². The van der Waals surface area contributed by atoms with Gasteiger partial charge in [-0.1, -0.05) is 35.9 Å². The number of halogens is 2. The van der Waals surface area contributed by atoms with Crippen LogP contribution in [0, 0.1) is 27.3 Å². The largest absolute Gasteiger partial charge is 0.493 e. The van der Waals surface area contributed by atoms with Crippen molar-refractivity contribution < 1.29 is 18.8 Å². The Morgan fingerprint density at radius 2 is 1.97 bits per heavy atom. The first-order valence-electron chi connectivity index (χ1n) is 9.02. The van der Waals surface area contributed by atoms with Gasteiger partial charge in [0.25, 0.3) is 5.69 Å². The van der Waals surface area contributed by atoms with Crippen LogP contribution in [0.4, 0.5) is 10.1 Å². The molecule has 31 heavy (non-hydrogen) atoms. The summed E-state index contributed by atoms with van der Waals surface area (Å²) in [5, 5.41) is 20.8. The van der Waals surface area contributed by atoms with E-state index in [1.807, 2.05) is 6.07 Å². The number of hydrogen-bond acceptors (Lipinski definition) is 5. The van der Waals surface area contributed by atoms with Gasteiger partial charge in [0.1, 0.15) is 12.4 Å². The van der Waals surface area contributed by atoms with Crippen LogP contribution in [0.25, 0.3) is 11.6 Å². The minimum atomic E-state index is -0.522. The van der Waals surface area contributed by atoms with Crippen molar-refractivity contribution in [3.8, 4) is 17.6 Å². The summed E-state index contributed by atoms with van der Waals surface area (Å²) in [6.07, 6.45) is 1.55. The molecule has 0 fully saturated rings. The second-order valence-corrected chi connectivity index (χ2v) is 6.83. The highest BCUT2D eigenvalue weighted by molar-refractivity contribution is 6.32. The molecule has 0 aliphatic carbocycles. The maximum Gasteiger partial charge on any atom is 0.270 e. The monoisotopic (exact) mass is 438 g/mol. The topological polar surface area (TPSA) is 85.4 Å². The molecule has 0 aromatic heterocycles. The number of nitro groups is 1. The fourth-order valence-corrected chi connectivity index (χ4v) is 3.11. The van der Waals surface area contributed by atoms with Crippen molar-refractivity contribution in [2.45, 2.75) is 6.61 Å². The predicted molar refractivity (Wildman–Crippen MR) is 115 cm³/mol. The third kappa shape index (κ3) is 5.38. The zero-order valence-electron chi connectivity index (χ0n) is 16.3. The smallest absolute Gasteiger partial charge is 0.270 e. The van der Waals surface area contributed by atoms with E-state index >= 15 is 0 Å². The minimum Gasteiger partial charge on any atom is -0.493 e. The Morgan fingerprint density at radius 1 is 1.23 bits per heavy atom. The molecule has 156 valence electrons. The van der Waals surface area contributed by atoms with Gasteiger partial charge in [0, 0.05) is 12.1 Å². The maximum atomic E-state index is 13.1. The van der Waals surface area contributed by atoms with Crippen LogP contribution in [0.1, 0.15) is 16.7 Å². The Morgan fingerprint density at radius 3 is 2.61 bits per heavy atom. The van der Waals surface area contributed by atoms with E-state index in [9.17, 15) is 19.8 Å². The van der Waals surface area contributed by atoms with Gasteiger partial charge in [0.2, 0.25) is 0 Å². The summed E-state index contributed by atoms with van der Waals surface area (Å²) < 4.78 is 24.2. The lowest BCUT2D eigenvalue weighted by Crippen LogP contribution is -1.99. The van der Waals surface area contributed by atoms with E-state index in [4.69, 9.17) is 21.1 Å². The number of allylic oxidation sites excluding steroid dienone is 1. The van der Waals surface area contributed by atoms with E-state index in [0.29, 0.717) is 22.6 Å². The third-order valence-corrected chi connectivity index (χ3v) is 4.63. The number of hydrogen-bond donors (Lipinski definition) is 0. The predicted octanol–water partition coefficient (Wildman–Crippen LogP) is 6.04. The highest BCUT2D eigenvalue weighted by Crippen LogP contribution is 2.38. The van der Waals surface area contributed by atoms with Crippen molar-refractivity contribution in [1.82, 2.24) is 0 Å². The second kappa shape index (κ2) is 9.74. The summed E-state index contributed by atoms with van der Waals surface area (Å²) >= 11 is 6.38. The summed E-state index contributed by atoms with van der Waals surface area (Å²) in [5.74, 6) is 0.309. The third-order valence-electron chi connectivity index (χ3n) is 4.35. The van der Waals surface area contributed by atoms with Gasteiger partial charge in [-0.15, -0.1) is 0 Å². The molecule has 0 radical (unpaired) electrons. The Hall–Kier alpha value is -3.89. The van der Waals surface area contributed by atoms with Crippen LogP contribution in [0.3, 0.4) is 0 Å². The number of nitrogens with zero attached hydrogens (tertiary/aromatic N) is 2. The summed E-state index contributed by atoms with van der Waals surface area (Å²) in [6.45, 7) is 0.155. The van der Waals surface area contributed by atoms with Gasteiger partial charge < -0.3 is 9.47 Å². The van der Waals surface area contributed by atoms with Crippen LogP contribution in [0.15, 0.2) is 60.7 Å². The maximum absolute atomic E-state index is 13.1. The number of non-ortho nitro benzene ring substituents is 1. The molecular formula is C23H16ClFN2O4. The van der Waals surface area contributed by atoms with Crippen molar-refractivity contribution in [2.24, 2.45) is 0 Å². The quantitative estimate of drug-likeness (QED) is 0.194. The molecule has 3 aromatic rings. The van der Waals surface area contributed by atoms with Crippen molar-refractivity contribution in [2.75, 3.05) is 7.11 Å². The van der Waals surface area contributed by atoms with E-state index < -0.39 is 4.92 Å². The standard InChI is InChI=1S/C23H16ClFN2O4/c1-30-22-11-16(9-18(13-26)17-3-2-4-20(12-17)27(28)29)10-21(24)23(22)31-14-15-5-7-19(25)8-6-15/h2-12H,14H2,1H3. The molecule has 6 nitrogen and oxygen atoms in total. The van der Waals surface area contributed by atoms with Gasteiger partial charge in [-0.05, 0) is 47.0 Å². The molecule has 0 saturated carbocycles. The van der Waals surface area contributed by atoms with E-state index in [0.717, 1.165) is 5.56 Å². The summed E-state index contributed by atoms with van der Waals surface area (Å²) in [5.41, 5.74) is 1.82. The normalized spacial score (nSPS) is 11.0. The molecule has 0 atom stereocenters. The molecule has 0 spiro atoms. The second-order valence-electron chi connectivity index (χ2n) is 6.43. The molecule has 3 aromatic carbocycles. The van der Waals surface area contributed by atoms with Crippen LogP contribution in [0.2, 0.25) is 5.02 Å². The Labute approximate surface area is 182 Å². The first kappa shape index (κ1) is 21.8. The van der Waals surface area contributed by atoms with E-state index in [2.05, 4.69) is 0 Å². The molecule has 3 rings (SSSR count). The summed E-state index contributed by atoms with van der Waals surface area (Å²) in [4.78, 5) is 10.5. The Kier molecular flexibility index (Phi) is 6.85. The Bertz CT molecular complexity index is 1190. The van der Waals surface area contributed by atoms with Crippen LogP contribution >= 0.6 is 11.6 Å². The van der Waals surface area contributed by atoms with Crippen LogP contribution < -0.4 is 9.47 Å². The molecular weight excluding hydrogens is 423 g/mol. The minimum absolute atomic E-state index is 0.112. The molecule has 0 amide bonds. The van der Waals surface area contributed by atoms with Gasteiger partial charge in [-0.3, -0.25) is 10.1 Å². The first-order valence-corrected chi connectivity index (χ1v) is 9.40. The van der Waals surface area contributed by atoms with Gasteiger partial charge in [0.05, 0.1) is 28.7 Å². The van der Waals surface area contributed by atoms with Gasteiger partial charge in [-0.2, -0.15) is 5.26 Å². The molecule has 0 unspecified atom stereocenters. The van der Waals surface area contributed by atoms with Gasteiger partial charge >= 0.3 is 0 Å². The molecule has 0 N–H and O–H groups in total. The fourth-order valence-electron chi connectivity index (χ4n) is 2.83. The lowest BCUT2D eigenvalue weighted by Gasteiger charge is -2.13. The van der Waals surface area contributed by atoms with Crippen LogP contribution in [-0.2, 0) is 6.61 Å². The van der Waals surface area contributed by atoms with Crippen LogP contribution in [0.5, 0.6) is 11.5 Å². The fraction of sp³-hybridized carbons (Fsp3) is 0.0870. The number of nitriles is 1. The molecule has 0 saturated heterocycles. The molecule has 0 aliphatic heterocycles. The van der Waals surface area contributed by atoms with E-state index in [1.54, 1.807) is 36.4 Å². The Balaban J connectivity index is 1.90. The molecule has 0 bridgehead atoms. The summed E-state index contributed by atoms with van der Waals surface area (Å²) in [7, 11) is 1.45. The SMILES string of the molecule is COc1cc(C=C(C#N)c2cccc([N+](=O)[O-])c2)cc(Cl)c1OCc1ccc(F)cc1. The van der Waals surface area contributed by atoms with Crippen LogP contribution in [-0.4, -0.2) is 12.0 Å². The lowest BCUT2D eigenvalue weighted by atomic mass is 10.0. The number of rotatable bonds is 7. The average Bonchev–Trinajstić information content (AvgIpc) is 2.77. The zero-order valence-corrected chi connectivity index (χ0v) is 17.1. The first-order chi connectivity index (χ1) is 14.9. The number of nitro benzene ring substituents is 1. The lowest BCUT2D eigenvalue weighted by molar-refractivity contribution is -0.384. The molecule has 0 heterocycles. The number of benzene rings is 3. The summed E-state index contributed by atoms with van der Waals surface area (Å²) in [6, 6.07) is 17.0. The van der Waals surface area contributed by atoms with Gasteiger partial charge in [0.15, 0.2) is 11.5 Å². The van der Waals surface area contributed by atoms with Crippen molar-refractivity contribution in [3.63, 3.8) is 0 Å². The molecule has 0 aliphatic rings. The van der Waals surface area contributed by atoms with Crippen molar-refractivity contribution >= 4 is 28.9 Å².